The van der Waals surface area contributed by atoms with Crippen LogP contribution in [0.3, 0.4) is 0 Å². The Labute approximate surface area is 185 Å². The van der Waals surface area contributed by atoms with Gasteiger partial charge in [0.15, 0.2) is 5.58 Å². The number of rotatable bonds is 5. The number of hydrogen-bond acceptors (Lipinski definition) is 8. The van der Waals surface area contributed by atoms with E-state index in [1.54, 1.807) is 12.3 Å². The second kappa shape index (κ2) is 10.4. The SMILES string of the molecule is C=O.CNC1CC(CN)N(C2CCC(Nc3ncc4oc(C#N)cc4c3Br)CC2)C1. The number of nitrogens with zero attached hydrogens (tertiary/aromatic N) is 3. The number of anilines is 1. The van der Waals surface area contributed by atoms with Crippen LogP contribution < -0.4 is 16.4 Å². The van der Waals surface area contributed by atoms with Crippen LogP contribution in [0.5, 0.6) is 0 Å². The molecule has 4 rings (SSSR count). The summed E-state index contributed by atoms with van der Waals surface area (Å²) in [6.45, 7) is 3.84. The highest BCUT2D eigenvalue weighted by molar-refractivity contribution is 9.10. The Morgan fingerprint density at radius 2 is 2.10 bits per heavy atom. The smallest absolute Gasteiger partial charge is 0.204 e. The second-order valence-corrected chi connectivity index (χ2v) is 8.67. The van der Waals surface area contributed by atoms with E-state index in [1.807, 2.05) is 19.9 Å². The summed E-state index contributed by atoms with van der Waals surface area (Å²) in [6, 6.07) is 5.87. The van der Waals surface area contributed by atoms with Crippen molar-refractivity contribution in [1.29, 1.82) is 5.26 Å². The van der Waals surface area contributed by atoms with Crippen molar-refractivity contribution in [3.8, 4) is 6.07 Å². The maximum absolute atomic E-state index is 9.03. The topological polar surface area (TPSA) is 120 Å². The van der Waals surface area contributed by atoms with Crippen molar-refractivity contribution in [2.24, 2.45) is 5.73 Å². The summed E-state index contributed by atoms with van der Waals surface area (Å²) in [6.07, 6.45) is 7.41. The zero-order valence-corrected chi connectivity index (χ0v) is 18.8. The minimum atomic E-state index is 0.301. The lowest BCUT2D eigenvalue weighted by molar-refractivity contribution is -0.0979. The van der Waals surface area contributed by atoms with Gasteiger partial charge in [0.1, 0.15) is 18.7 Å². The molecule has 0 spiro atoms. The van der Waals surface area contributed by atoms with Gasteiger partial charge in [0, 0.05) is 48.7 Å². The van der Waals surface area contributed by atoms with E-state index in [4.69, 9.17) is 20.2 Å². The van der Waals surface area contributed by atoms with Gasteiger partial charge in [0.05, 0.1) is 10.7 Å². The first-order valence-corrected chi connectivity index (χ1v) is 11.1. The van der Waals surface area contributed by atoms with Gasteiger partial charge in [0.25, 0.3) is 0 Å². The monoisotopic (exact) mass is 476 g/mol. The maximum atomic E-state index is 9.03. The van der Waals surface area contributed by atoms with Gasteiger partial charge >= 0.3 is 0 Å². The van der Waals surface area contributed by atoms with Crippen molar-refractivity contribution in [3.05, 3.63) is 22.5 Å². The molecule has 1 aliphatic heterocycles. The van der Waals surface area contributed by atoms with E-state index in [0.717, 1.165) is 48.0 Å². The van der Waals surface area contributed by atoms with Crippen LogP contribution in [-0.2, 0) is 4.79 Å². The first kappa shape index (κ1) is 22.7. The van der Waals surface area contributed by atoms with Gasteiger partial charge in [-0.05, 0) is 55.1 Å². The zero-order valence-electron chi connectivity index (χ0n) is 17.2. The molecule has 30 heavy (non-hydrogen) atoms. The lowest BCUT2D eigenvalue weighted by atomic mass is 9.89. The summed E-state index contributed by atoms with van der Waals surface area (Å²) >= 11 is 3.63. The number of nitrogens with one attached hydrogen (secondary N) is 2. The predicted molar refractivity (Wildman–Crippen MR) is 120 cm³/mol. The number of pyridine rings is 1. The lowest BCUT2D eigenvalue weighted by Gasteiger charge is -2.38. The predicted octanol–water partition coefficient (Wildman–Crippen LogP) is 2.62. The van der Waals surface area contributed by atoms with E-state index in [-0.39, 0.29) is 0 Å². The first-order chi connectivity index (χ1) is 14.6. The number of nitrogens with two attached hydrogens (primary N) is 1. The number of likely N-dealkylation sites (N-methyl/N-ethyl adjacent to an activating group) is 1. The van der Waals surface area contributed by atoms with E-state index >= 15 is 0 Å². The molecule has 0 amide bonds. The molecule has 0 aromatic carbocycles. The van der Waals surface area contributed by atoms with Crippen LogP contribution in [0.25, 0.3) is 11.0 Å². The summed E-state index contributed by atoms with van der Waals surface area (Å²) in [4.78, 5) is 15.1. The number of furan rings is 1. The average Bonchev–Trinajstić information content (AvgIpc) is 3.42. The van der Waals surface area contributed by atoms with E-state index in [1.165, 1.54) is 12.8 Å². The minimum Gasteiger partial charge on any atom is -0.444 e. The summed E-state index contributed by atoms with van der Waals surface area (Å²) in [5, 5.41) is 16.9. The molecule has 2 atom stereocenters. The molecule has 2 fully saturated rings. The summed E-state index contributed by atoms with van der Waals surface area (Å²) in [5.41, 5.74) is 6.65. The van der Waals surface area contributed by atoms with Crippen molar-refractivity contribution >= 4 is 39.5 Å². The number of hydrogen-bond donors (Lipinski definition) is 3. The number of nitriles is 1. The van der Waals surface area contributed by atoms with Gasteiger partial charge in [-0.2, -0.15) is 5.26 Å². The number of fused-ring (bicyclic) bond motifs is 1. The van der Waals surface area contributed by atoms with Gasteiger partial charge in [-0.15, -0.1) is 0 Å². The molecule has 1 aliphatic carbocycles. The minimum absolute atomic E-state index is 0.301. The van der Waals surface area contributed by atoms with Crippen LogP contribution in [0.2, 0.25) is 0 Å². The summed E-state index contributed by atoms with van der Waals surface area (Å²) in [5.74, 6) is 1.12. The van der Waals surface area contributed by atoms with Crippen molar-refractivity contribution in [1.82, 2.24) is 15.2 Å². The summed E-state index contributed by atoms with van der Waals surface area (Å²) < 4.78 is 6.31. The molecule has 2 aliphatic rings. The third-order valence-electron chi connectivity index (χ3n) is 6.27. The number of carbonyl (C=O) groups excluding carboxylic acids is 1. The van der Waals surface area contributed by atoms with E-state index < -0.39 is 0 Å². The molecular weight excluding hydrogens is 448 g/mol. The molecule has 0 bridgehead atoms. The van der Waals surface area contributed by atoms with Crippen molar-refractivity contribution in [2.45, 2.75) is 56.3 Å². The molecule has 2 aromatic heterocycles. The Bertz CT molecular complexity index is 889. The molecule has 4 N–H and O–H groups in total. The molecule has 3 heterocycles. The highest BCUT2D eigenvalue weighted by atomic mass is 79.9. The van der Waals surface area contributed by atoms with E-state index in [2.05, 4.69) is 36.4 Å². The Morgan fingerprint density at radius 1 is 1.37 bits per heavy atom. The fraction of sp³-hybridized carbons (Fsp3) is 0.571. The molecule has 1 saturated heterocycles. The third kappa shape index (κ3) is 4.67. The van der Waals surface area contributed by atoms with Crippen molar-refractivity contribution in [3.63, 3.8) is 0 Å². The normalized spacial score (nSPS) is 26.7. The van der Waals surface area contributed by atoms with Gasteiger partial charge in [-0.25, -0.2) is 4.98 Å². The van der Waals surface area contributed by atoms with E-state index in [0.29, 0.717) is 35.5 Å². The van der Waals surface area contributed by atoms with Gasteiger partial charge < -0.3 is 25.6 Å². The van der Waals surface area contributed by atoms with Crippen LogP contribution in [0.4, 0.5) is 5.82 Å². The molecule has 162 valence electrons. The molecule has 2 unspecified atom stereocenters. The summed E-state index contributed by atoms with van der Waals surface area (Å²) in [7, 11) is 2.05. The van der Waals surface area contributed by atoms with E-state index in [9.17, 15) is 0 Å². The molecule has 8 nitrogen and oxygen atoms in total. The van der Waals surface area contributed by atoms with Crippen LogP contribution in [0.1, 0.15) is 37.9 Å². The van der Waals surface area contributed by atoms with Gasteiger partial charge in [0.2, 0.25) is 5.76 Å². The molecule has 1 saturated carbocycles. The fourth-order valence-corrected chi connectivity index (χ4v) is 5.24. The highest BCUT2D eigenvalue weighted by Crippen LogP contribution is 2.34. The van der Waals surface area contributed by atoms with Crippen LogP contribution >= 0.6 is 15.9 Å². The zero-order chi connectivity index (χ0) is 21.7. The molecular formula is C21H29BrN6O2. The largest absolute Gasteiger partial charge is 0.444 e. The number of aromatic nitrogens is 1. The lowest BCUT2D eigenvalue weighted by Crippen LogP contribution is -2.46. The second-order valence-electron chi connectivity index (χ2n) is 7.88. The Kier molecular flexibility index (Phi) is 7.83. The highest BCUT2D eigenvalue weighted by Gasteiger charge is 2.36. The number of carbonyl (C=O) groups is 1. The number of halogens is 1. The Hall–Kier alpha value is -1.99. The van der Waals surface area contributed by atoms with Crippen molar-refractivity contribution < 1.29 is 9.21 Å². The van der Waals surface area contributed by atoms with Crippen LogP contribution in [-0.4, -0.2) is 61.0 Å². The van der Waals surface area contributed by atoms with Crippen molar-refractivity contribution in [2.75, 3.05) is 25.5 Å². The quantitative estimate of drug-likeness (QED) is 0.601. The Morgan fingerprint density at radius 3 is 2.73 bits per heavy atom. The fourth-order valence-electron chi connectivity index (χ4n) is 4.71. The van der Waals surface area contributed by atoms with Crippen LogP contribution in [0, 0.1) is 11.3 Å². The van der Waals surface area contributed by atoms with Gasteiger partial charge in [-0.1, -0.05) is 0 Å². The molecule has 2 aromatic rings. The van der Waals surface area contributed by atoms with Crippen LogP contribution in [0.15, 0.2) is 21.2 Å². The van der Waals surface area contributed by atoms with Gasteiger partial charge in [-0.3, -0.25) is 4.90 Å². The third-order valence-corrected chi connectivity index (χ3v) is 7.07. The maximum Gasteiger partial charge on any atom is 0.204 e. The average molecular weight is 477 g/mol. The standard InChI is InChI=1S/C20H27BrN6O.CH2O/c1-24-13-6-15(8-22)27(11-13)14-4-2-12(3-5-14)26-20-19(21)17-7-16(9-23)28-18(17)10-25-20;1-2/h7,10,12-15,24H,2-6,8,11,22H2,1H3,(H,25,26);1H2. The Balaban J connectivity index is 0.00000124. The first-order valence-electron chi connectivity index (χ1n) is 10.3. The molecule has 0 radical (unpaired) electrons. The number of likely N-dealkylation sites (tertiary alicyclic amines) is 1. The molecule has 9 heteroatoms.